The largest absolute Gasteiger partial charge is 0.383 e. The van der Waals surface area contributed by atoms with Crippen molar-refractivity contribution in [2.45, 2.75) is 72.5 Å². The summed E-state index contributed by atoms with van der Waals surface area (Å²) in [4.78, 5) is 4.41. The van der Waals surface area contributed by atoms with E-state index in [0.29, 0.717) is 12.6 Å². The van der Waals surface area contributed by atoms with Gasteiger partial charge >= 0.3 is 0 Å². The second-order valence-corrected chi connectivity index (χ2v) is 7.79. The predicted molar refractivity (Wildman–Crippen MR) is 107 cm³/mol. The van der Waals surface area contributed by atoms with Crippen LogP contribution in [0.2, 0.25) is 0 Å². The summed E-state index contributed by atoms with van der Waals surface area (Å²) >= 11 is 0. The fraction of sp³-hybridized carbons (Fsp3) is 0.800. The third-order valence-corrected chi connectivity index (χ3v) is 5.75. The Bertz CT molecular complexity index is 585. The lowest BCUT2D eigenvalue weighted by molar-refractivity contribution is 0.182. The van der Waals surface area contributed by atoms with Crippen LogP contribution < -0.4 is 10.6 Å². The highest BCUT2D eigenvalue weighted by Gasteiger charge is 2.23. The number of hydrogen-bond acceptors (Lipinski definition) is 3. The van der Waals surface area contributed by atoms with Crippen LogP contribution in [-0.2, 0) is 17.8 Å². The van der Waals surface area contributed by atoms with Crippen LogP contribution in [0.25, 0.3) is 0 Å². The molecule has 0 saturated heterocycles. The molecule has 0 amide bonds. The van der Waals surface area contributed by atoms with Crippen molar-refractivity contribution in [2.24, 2.45) is 16.8 Å². The molecule has 1 aromatic rings. The van der Waals surface area contributed by atoms with Gasteiger partial charge in [0.05, 0.1) is 18.8 Å². The third kappa shape index (κ3) is 5.47. The topological polar surface area (TPSA) is 63.5 Å². The Morgan fingerprint density at radius 1 is 1.27 bits per heavy atom. The standard InChI is InChI=1S/C20H37N5O/c1-14(2)17-7-9-18(10-8-17)23-20(21-5)22-13-19-15(3)24-25(16(19)4)11-12-26-6/h14,17-18H,7-13H2,1-6H3,(H2,21,22,23). The summed E-state index contributed by atoms with van der Waals surface area (Å²) in [5.41, 5.74) is 3.51. The maximum Gasteiger partial charge on any atom is 0.191 e. The normalized spacial score (nSPS) is 21.3. The van der Waals surface area contributed by atoms with Crippen LogP contribution in [0, 0.1) is 25.7 Å². The first-order chi connectivity index (χ1) is 12.5. The fourth-order valence-corrected chi connectivity index (χ4v) is 3.88. The molecule has 2 N–H and O–H groups in total. The van der Waals surface area contributed by atoms with Gasteiger partial charge in [0.1, 0.15) is 0 Å². The molecule has 0 atom stereocenters. The molecule has 0 spiro atoms. The van der Waals surface area contributed by atoms with Gasteiger partial charge in [-0.25, -0.2) is 0 Å². The van der Waals surface area contributed by atoms with Gasteiger partial charge in [-0.2, -0.15) is 5.10 Å². The maximum atomic E-state index is 5.17. The van der Waals surface area contributed by atoms with Gasteiger partial charge in [-0.3, -0.25) is 9.67 Å². The van der Waals surface area contributed by atoms with Crippen LogP contribution in [0.15, 0.2) is 4.99 Å². The van der Waals surface area contributed by atoms with E-state index >= 15 is 0 Å². The molecule has 6 heteroatoms. The van der Waals surface area contributed by atoms with E-state index in [-0.39, 0.29) is 0 Å². The Morgan fingerprint density at radius 2 is 1.96 bits per heavy atom. The number of nitrogens with zero attached hydrogens (tertiary/aromatic N) is 3. The lowest BCUT2D eigenvalue weighted by Crippen LogP contribution is -2.44. The third-order valence-electron chi connectivity index (χ3n) is 5.75. The Hall–Kier alpha value is -1.56. The zero-order valence-corrected chi connectivity index (χ0v) is 17.4. The first-order valence-corrected chi connectivity index (χ1v) is 9.95. The number of aromatic nitrogens is 2. The van der Waals surface area contributed by atoms with Crippen molar-refractivity contribution in [3.05, 3.63) is 17.0 Å². The molecule has 1 aromatic heterocycles. The van der Waals surface area contributed by atoms with Gasteiger partial charge in [0, 0.05) is 38.0 Å². The van der Waals surface area contributed by atoms with Crippen molar-refractivity contribution in [2.75, 3.05) is 20.8 Å². The average molecular weight is 364 g/mol. The van der Waals surface area contributed by atoms with Crippen LogP contribution in [0.3, 0.4) is 0 Å². The second kappa shape index (κ2) is 9.95. The van der Waals surface area contributed by atoms with E-state index in [9.17, 15) is 0 Å². The number of hydrogen-bond donors (Lipinski definition) is 2. The van der Waals surface area contributed by atoms with Crippen molar-refractivity contribution < 1.29 is 4.74 Å². The van der Waals surface area contributed by atoms with E-state index in [0.717, 1.165) is 36.6 Å². The van der Waals surface area contributed by atoms with E-state index in [1.165, 1.54) is 36.9 Å². The monoisotopic (exact) mass is 363 g/mol. The molecule has 6 nitrogen and oxygen atoms in total. The highest BCUT2D eigenvalue weighted by molar-refractivity contribution is 5.80. The van der Waals surface area contributed by atoms with Crippen molar-refractivity contribution in [3.8, 4) is 0 Å². The van der Waals surface area contributed by atoms with E-state index in [1.807, 2.05) is 11.7 Å². The number of nitrogens with one attached hydrogen (secondary N) is 2. The Morgan fingerprint density at radius 3 is 2.54 bits per heavy atom. The van der Waals surface area contributed by atoms with E-state index in [1.54, 1.807) is 7.11 Å². The van der Waals surface area contributed by atoms with E-state index in [2.05, 4.69) is 48.4 Å². The molecule has 0 aliphatic heterocycles. The number of aryl methyl sites for hydroxylation is 1. The maximum absolute atomic E-state index is 5.17. The summed E-state index contributed by atoms with van der Waals surface area (Å²) in [7, 11) is 3.56. The molecule has 2 rings (SSSR count). The minimum Gasteiger partial charge on any atom is -0.383 e. The summed E-state index contributed by atoms with van der Waals surface area (Å²) in [6.07, 6.45) is 5.10. The molecule has 1 aliphatic carbocycles. The van der Waals surface area contributed by atoms with Gasteiger partial charge in [-0.15, -0.1) is 0 Å². The minimum absolute atomic E-state index is 0.530. The smallest absolute Gasteiger partial charge is 0.191 e. The van der Waals surface area contributed by atoms with Crippen LogP contribution >= 0.6 is 0 Å². The predicted octanol–water partition coefficient (Wildman–Crippen LogP) is 3.03. The SMILES string of the molecule is CN=C(NCc1c(C)nn(CCOC)c1C)NC1CCC(C(C)C)CC1. The van der Waals surface area contributed by atoms with Crippen LogP contribution in [0.5, 0.6) is 0 Å². The van der Waals surface area contributed by atoms with Gasteiger partial charge < -0.3 is 15.4 Å². The minimum atomic E-state index is 0.530. The van der Waals surface area contributed by atoms with Crippen molar-refractivity contribution in [1.29, 1.82) is 0 Å². The summed E-state index contributed by atoms with van der Waals surface area (Å²) in [5.74, 6) is 2.57. The van der Waals surface area contributed by atoms with Gasteiger partial charge in [-0.05, 0) is 51.4 Å². The molecule has 26 heavy (non-hydrogen) atoms. The van der Waals surface area contributed by atoms with Gasteiger partial charge in [0.15, 0.2) is 5.96 Å². The molecule has 0 unspecified atom stereocenters. The number of ether oxygens (including phenoxy) is 1. The number of methoxy groups -OCH3 is 1. The molecule has 0 bridgehead atoms. The number of rotatable bonds is 7. The quantitative estimate of drug-likeness (QED) is 0.577. The summed E-state index contributed by atoms with van der Waals surface area (Å²) < 4.78 is 7.19. The van der Waals surface area contributed by atoms with Crippen molar-refractivity contribution in [1.82, 2.24) is 20.4 Å². The highest BCUT2D eigenvalue weighted by atomic mass is 16.5. The van der Waals surface area contributed by atoms with Crippen molar-refractivity contribution in [3.63, 3.8) is 0 Å². The lowest BCUT2D eigenvalue weighted by Gasteiger charge is -2.32. The summed E-state index contributed by atoms with van der Waals surface area (Å²) in [5, 5.41) is 11.7. The lowest BCUT2D eigenvalue weighted by atomic mass is 9.80. The molecule has 0 radical (unpaired) electrons. The Balaban J connectivity index is 1.87. The molecular formula is C20H37N5O. The molecular weight excluding hydrogens is 326 g/mol. The Labute approximate surface area is 158 Å². The number of aliphatic imine (C=N–C) groups is 1. The molecule has 148 valence electrons. The zero-order valence-electron chi connectivity index (χ0n) is 17.4. The first kappa shape index (κ1) is 20.7. The number of guanidine groups is 1. The van der Waals surface area contributed by atoms with Gasteiger partial charge in [-0.1, -0.05) is 13.8 Å². The van der Waals surface area contributed by atoms with Crippen molar-refractivity contribution >= 4 is 5.96 Å². The molecule has 1 saturated carbocycles. The second-order valence-electron chi connectivity index (χ2n) is 7.79. The summed E-state index contributed by atoms with van der Waals surface area (Å²) in [6, 6.07) is 0.530. The van der Waals surface area contributed by atoms with Crippen LogP contribution in [-0.4, -0.2) is 42.5 Å². The Kier molecular flexibility index (Phi) is 7.94. The van der Waals surface area contributed by atoms with Gasteiger partial charge in [0.2, 0.25) is 0 Å². The molecule has 1 heterocycles. The highest BCUT2D eigenvalue weighted by Crippen LogP contribution is 2.29. The molecule has 1 fully saturated rings. The zero-order chi connectivity index (χ0) is 19.1. The van der Waals surface area contributed by atoms with Gasteiger partial charge in [0.25, 0.3) is 0 Å². The first-order valence-electron chi connectivity index (χ1n) is 9.95. The van der Waals surface area contributed by atoms with E-state index < -0.39 is 0 Å². The average Bonchev–Trinajstić information content (AvgIpc) is 2.90. The summed E-state index contributed by atoms with van der Waals surface area (Å²) in [6.45, 7) is 11.1. The van der Waals surface area contributed by atoms with Crippen LogP contribution in [0.4, 0.5) is 0 Å². The molecule has 0 aromatic carbocycles. The van der Waals surface area contributed by atoms with E-state index in [4.69, 9.17) is 4.74 Å². The molecule has 1 aliphatic rings. The fourth-order valence-electron chi connectivity index (χ4n) is 3.88. The van der Waals surface area contributed by atoms with Crippen LogP contribution in [0.1, 0.15) is 56.5 Å².